The lowest BCUT2D eigenvalue weighted by Gasteiger charge is -2.16. The number of anilines is 1. The van der Waals surface area contributed by atoms with E-state index in [1.807, 2.05) is 0 Å². The first-order valence-corrected chi connectivity index (χ1v) is 7.95. The van der Waals surface area contributed by atoms with Crippen molar-refractivity contribution in [3.63, 3.8) is 0 Å². The Morgan fingerprint density at radius 1 is 1.33 bits per heavy atom. The molecule has 0 saturated carbocycles. The lowest BCUT2D eigenvalue weighted by Crippen LogP contribution is -2.19. The van der Waals surface area contributed by atoms with Crippen LogP contribution in [0.1, 0.15) is 19.3 Å². The van der Waals surface area contributed by atoms with Crippen molar-refractivity contribution >= 4 is 15.5 Å². The van der Waals surface area contributed by atoms with Crippen LogP contribution in [0.2, 0.25) is 0 Å². The van der Waals surface area contributed by atoms with E-state index in [2.05, 4.69) is 10.3 Å². The summed E-state index contributed by atoms with van der Waals surface area (Å²) in [6, 6.07) is 3.67. The minimum atomic E-state index is -3.22. The summed E-state index contributed by atoms with van der Waals surface area (Å²) < 4.78 is 28.0. The van der Waals surface area contributed by atoms with E-state index in [1.165, 1.54) is 6.07 Å². The molecule has 1 fully saturated rings. The molecule has 0 spiro atoms. The molecule has 18 heavy (non-hydrogen) atoms. The molecular weight excluding hydrogens is 252 g/mol. The maximum absolute atomic E-state index is 11.3. The van der Waals surface area contributed by atoms with Gasteiger partial charge in [-0.05, 0) is 31.4 Å². The fourth-order valence-corrected chi connectivity index (χ4v) is 2.53. The van der Waals surface area contributed by atoms with Crippen molar-refractivity contribution in [3.8, 4) is 0 Å². The van der Waals surface area contributed by atoms with Crippen LogP contribution >= 0.6 is 0 Å². The number of ether oxygens (including phenoxy) is 1. The van der Waals surface area contributed by atoms with Gasteiger partial charge in [-0.15, -0.1) is 0 Å². The predicted molar refractivity (Wildman–Crippen MR) is 69.4 cm³/mol. The third kappa shape index (κ3) is 3.68. The Kier molecular flexibility index (Phi) is 4.19. The maximum Gasteiger partial charge on any atom is 0.192 e. The first-order valence-electron chi connectivity index (χ1n) is 6.06. The molecule has 0 radical (unpaired) electrons. The minimum absolute atomic E-state index is 0.109. The fraction of sp³-hybridized carbons (Fsp3) is 0.583. The van der Waals surface area contributed by atoms with Gasteiger partial charge in [0.2, 0.25) is 0 Å². The molecule has 6 heteroatoms. The minimum Gasteiger partial charge on any atom is -0.381 e. The van der Waals surface area contributed by atoms with Crippen molar-refractivity contribution in [2.75, 3.05) is 24.8 Å². The van der Waals surface area contributed by atoms with E-state index >= 15 is 0 Å². The molecule has 1 aliphatic rings. The summed E-state index contributed by atoms with van der Waals surface area (Å²) >= 11 is 0. The number of hydrogen-bond donors (Lipinski definition) is 1. The predicted octanol–water partition coefficient (Wildman–Crippen LogP) is 1.47. The van der Waals surface area contributed by atoms with Gasteiger partial charge < -0.3 is 10.1 Å². The summed E-state index contributed by atoms with van der Waals surface area (Å²) in [5.74, 6) is 0. The van der Waals surface area contributed by atoms with Crippen molar-refractivity contribution < 1.29 is 13.2 Å². The summed E-state index contributed by atoms with van der Waals surface area (Å²) in [6.45, 7) is 1.59. The van der Waals surface area contributed by atoms with Gasteiger partial charge in [0.15, 0.2) is 14.9 Å². The Labute approximate surface area is 107 Å². The third-order valence-corrected chi connectivity index (χ3v) is 3.94. The Hall–Kier alpha value is -1.14. The molecular formula is C12H18N2O3S. The second kappa shape index (κ2) is 5.67. The third-order valence-electron chi connectivity index (χ3n) is 2.94. The second-order valence-corrected chi connectivity index (χ2v) is 6.50. The van der Waals surface area contributed by atoms with Crippen LogP contribution in [-0.2, 0) is 14.6 Å². The summed E-state index contributed by atoms with van der Waals surface area (Å²) in [5.41, 5.74) is 0.856. The summed E-state index contributed by atoms with van der Waals surface area (Å²) in [5, 5.41) is 3.47. The quantitative estimate of drug-likeness (QED) is 0.900. The summed E-state index contributed by atoms with van der Waals surface area (Å²) in [7, 11) is -3.22. The van der Waals surface area contributed by atoms with Crippen LogP contribution in [0.25, 0.3) is 0 Å². The lowest BCUT2D eigenvalue weighted by molar-refractivity contribution is 0.144. The van der Waals surface area contributed by atoms with Gasteiger partial charge in [-0.2, -0.15) is 0 Å². The molecule has 5 nitrogen and oxygen atoms in total. The maximum atomic E-state index is 11.3. The Balaban J connectivity index is 2.01. The smallest absolute Gasteiger partial charge is 0.192 e. The number of nitrogens with zero attached hydrogens (tertiary/aromatic N) is 1. The molecule has 0 aromatic carbocycles. The van der Waals surface area contributed by atoms with Gasteiger partial charge in [0.1, 0.15) is 0 Å². The van der Waals surface area contributed by atoms with Crippen LogP contribution in [0.15, 0.2) is 23.4 Å². The highest BCUT2D eigenvalue weighted by molar-refractivity contribution is 7.90. The number of hydrogen-bond acceptors (Lipinski definition) is 5. The van der Waals surface area contributed by atoms with E-state index in [-0.39, 0.29) is 5.03 Å². The van der Waals surface area contributed by atoms with Gasteiger partial charge in [-0.25, -0.2) is 13.4 Å². The van der Waals surface area contributed by atoms with Gasteiger partial charge in [-0.1, -0.05) is 0 Å². The zero-order chi connectivity index (χ0) is 13.0. The first kappa shape index (κ1) is 13.3. The molecule has 0 bridgehead atoms. The average molecular weight is 270 g/mol. The Bertz CT molecular complexity index is 477. The normalized spacial score (nSPS) is 21.3. The fourth-order valence-electron chi connectivity index (χ4n) is 1.97. The Morgan fingerprint density at radius 2 is 2.17 bits per heavy atom. The van der Waals surface area contributed by atoms with Crippen LogP contribution in [0.4, 0.5) is 5.69 Å². The molecule has 2 rings (SSSR count). The van der Waals surface area contributed by atoms with Crippen molar-refractivity contribution in [1.29, 1.82) is 0 Å². The van der Waals surface area contributed by atoms with Crippen LogP contribution in [0, 0.1) is 0 Å². The molecule has 1 saturated heterocycles. The zero-order valence-electron chi connectivity index (χ0n) is 10.4. The first-order chi connectivity index (χ1) is 8.55. The molecule has 1 aromatic heterocycles. The largest absolute Gasteiger partial charge is 0.381 e. The van der Waals surface area contributed by atoms with E-state index in [4.69, 9.17) is 4.74 Å². The number of aromatic nitrogens is 1. The summed E-state index contributed by atoms with van der Waals surface area (Å²) in [4.78, 5) is 3.96. The van der Waals surface area contributed by atoms with E-state index in [0.717, 1.165) is 44.4 Å². The highest BCUT2D eigenvalue weighted by atomic mass is 32.2. The summed E-state index contributed by atoms with van der Waals surface area (Å²) in [6.07, 6.45) is 5.81. The van der Waals surface area contributed by atoms with Crippen molar-refractivity contribution in [1.82, 2.24) is 4.98 Å². The number of sulfone groups is 1. The number of rotatable bonds is 3. The SMILES string of the molecule is CS(=O)(=O)c1ccc(NC2CCCOCC2)cn1. The van der Waals surface area contributed by atoms with Gasteiger partial charge in [0, 0.05) is 25.5 Å². The number of nitrogens with one attached hydrogen (secondary N) is 1. The van der Waals surface area contributed by atoms with Gasteiger partial charge in [-0.3, -0.25) is 0 Å². The van der Waals surface area contributed by atoms with E-state index in [0.29, 0.717) is 6.04 Å². The van der Waals surface area contributed by atoms with Crippen LogP contribution in [-0.4, -0.2) is 38.9 Å². The number of pyridine rings is 1. The molecule has 1 unspecified atom stereocenters. The monoisotopic (exact) mass is 270 g/mol. The van der Waals surface area contributed by atoms with E-state index in [9.17, 15) is 8.42 Å². The topological polar surface area (TPSA) is 68.3 Å². The van der Waals surface area contributed by atoms with Crippen LogP contribution in [0.3, 0.4) is 0 Å². The van der Waals surface area contributed by atoms with Crippen LogP contribution < -0.4 is 5.32 Å². The van der Waals surface area contributed by atoms with E-state index < -0.39 is 9.84 Å². The van der Waals surface area contributed by atoms with Crippen LogP contribution in [0.5, 0.6) is 0 Å². The average Bonchev–Trinajstić information content (AvgIpc) is 2.57. The molecule has 2 heterocycles. The van der Waals surface area contributed by atoms with E-state index in [1.54, 1.807) is 12.3 Å². The standard InChI is InChI=1S/C12H18N2O3S/c1-18(15,16)12-5-4-11(9-13-12)14-10-3-2-7-17-8-6-10/h4-5,9-10,14H,2-3,6-8H2,1H3. The molecule has 1 N–H and O–H groups in total. The van der Waals surface area contributed by atoms with Crippen molar-refractivity contribution in [3.05, 3.63) is 18.3 Å². The zero-order valence-corrected chi connectivity index (χ0v) is 11.2. The van der Waals surface area contributed by atoms with Gasteiger partial charge in [0.25, 0.3) is 0 Å². The highest BCUT2D eigenvalue weighted by Crippen LogP contribution is 2.16. The molecule has 100 valence electrons. The Morgan fingerprint density at radius 3 is 2.83 bits per heavy atom. The van der Waals surface area contributed by atoms with Crippen molar-refractivity contribution in [2.24, 2.45) is 0 Å². The molecule has 1 atom stereocenters. The van der Waals surface area contributed by atoms with Gasteiger partial charge in [0.05, 0.1) is 11.9 Å². The lowest BCUT2D eigenvalue weighted by atomic mass is 10.1. The molecule has 1 aromatic rings. The molecule has 0 amide bonds. The van der Waals surface area contributed by atoms with Crippen molar-refractivity contribution in [2.45, 2.75) is 30.3 Å². The van der Waals surface area contributed by atoms with Gasteiger partial charge >= 0.3 is 0 Å². The highest BCUT2D eigenvalue weighted by Gasteiger charge is 2.13. The molecule has 0 aliphatic carbocycles. The second-order valence-electron chi connectivity index (χ2n) is 4.54. The molecule has 1 aliphatic heterocycles.